The van der Waals surface area contributed by atoms with E-state index in [0.717, 1.165) is 30.3 Å². The molecule has 3 rings (SSSR count). The Labute approximate surface area is 129 Å². The fraction of sp³-hybridized carbons (Fsp3) is 0.375. The Kier molecular flexibility index (Phi) is 4.08. The van der Waals surface area contributed by atoms with Gasteiger partial charge in [0.2, 0.25) is 0 Å². The molecule has 1 N–H and O–H groups in total. The standard InChI is InChI=1S/C16H18ClN3O/c1-20-7-6-11(10-20)8-19-16(21)14-9-18-15(17)13-5-3-2-4-12(13)14/h2-5,9,11H,6-8,10H2,1H3,(H,19,21). The first-order valence-corrected chi connectivity index (χ1v) is 7.53. The van der Waals surface area contributed by atoms with Crippen LogP contribution in [-0.2, 0) is 0 Å². The number of nitrogens with zero attached hydrogens (tertiary/aromatic N) is 2. The minimum atomic E-state index is -0.0788. The summed E-state index contributed by atoms with van der Waals surface area (Å²) >= 11 is 6.08. The lowest BCUT2D eigenvalue weighted by molar-refractivity contribution is 0.0949. The van der Waals surface area contributed by atoms with E-state index >= 15 is 0 Å². The molecule has 0 aliphatic carbocycles. The van der Waals surface area contributed by atoms with Crippen LogP contribution in [0.5, 0.6) is 0 Å². The fourth-order valence-corrected chi connectivity index (χ4v) is 3.08. The molecule has 1 fully saturated rings. The van der Waals surface area contributed by atoms with Gasteiger partial charge in [-0.1, -0.05) is 35.9 Å². The summed E-state index contributed by atoms with van der Waals surface area (Å²) in [6.07, 6.45) is 2.69. The Morgan fingerprint density at radius 1 is 1.43 bits per heavy atom. The van der Waals surface area contributed by atoms with Crippen LogP contribution in [-0.4, -0.2) is 42.5 Å². The molecule has 2 aromatic rings. The van der Waals surface area contributed by atoms with Crippen LogP contribution < -0.4 is 5.32 Å². The first kappa shape index (κ1) is 14.3. The van der Waals surface area contributed by atoms with Crippen molar-refractivity contribution in [2.75, 3.05) is 26.7 Å². The number of likely N-dealkylation sites (tertiary alicyclic amines) is 1. The third-order valence-electron chi connectivity index (χ3n) is 4.03. The van der Waals surface area contributed by atoms with Crippen LogP contribution in [0.2, 0.25) is 5.15 Å². The van der Waals surface area contributed by atoms with Gasteiger partial charge >= 0.3 is 0 Å². The van der Waals surface area contributed by atoms with Gasteiger partial charge in [-0.05, 0) is 31.3 Å². The Hall–Kier alpha value is -1.65. The van der Waals surface area contributed by atoms with Crippen molar-refractivity contribution in [2.24, 2.45) is 5.92 Å². The molecule has 0 radical (unpaired) electrons. The van der Waals surface area contributed by atoms with E-state index in [1.54, 1.807) is 6.20 Å². The summed E-state index contributed by atoms with van der Waals surface area (Å²) in [7, 11) is 2.11. The third-order valence-corrected chi connectivity index (χ3v) is 4.33. The quantitative estimate of drug-likeness (QED) is 0.887. The topological polar surface area (TPSA) is 45.2 Å². The molecular weight excluding hydrogens is 286 g/mol. The molecule has 5 heteroatoms. The number of halogens is 1. The lowest BCUT2D eigenvalue weighted by Crippen LogP contribution is -2.30. The van der Waals surface area contributed by atoms with E-state index in [0.29, 0.717) is 23.2 Å². The van der Waals surface area contributed by atoms with Crippen LogP contribution in [0.15, 0.2) is 30.5 Å². The maximum Gasteiger partial charge on any atom is 0.253 e. The van der Waals surface area contributed by atoms with Crippen LogP contribution in [0.4, 0.5) is 0 Å². The molecule has 0 bridgehead atoms. The van der Waals surface area contributed by atoms with Gasteiger partial charge in [-0.15, -0.1) is 0 Å². The predicted molar refractivity (Wildman–Crippen MR) is 84.7 cm³/mol. The Balaban J connectivity index is 1.77. The van der Waals surface area contributed by atoms with E-state index in [2.05, 4.69) is 22.2 Å². The van der Waals surface area contributed by atoms with Crippen molar-refractivity contribution in [1.29, 1.82) is 0 Å². The number of aromatic nitrogens is 1. The minimum Gasteiger partial charge on any atom is -0.352 e. The molecule has 1 aromatic carbocycles. The van der Waals surface area contributed by atoms with Gasteiger partial charge in [-0.25, -0.2) is 4.98 Å². The van der Waals surface area contributed by atoms with E-state index < -0.39 is 0 Å². The van der Waals surface area contributed by atoms with Crippen LogP contribution in [0.1, 0.15) is 16.8 Å². The first-order chi connectivity index (χ1) is 10.1. The molecule has 0 saturated carbocycles. The summed E-state index contributed by atoms with van der Waals surface area (Å²) < 4.78 is 0. The lowest BCUT2D eigenvalue weighted by atomic mass is 10.1. The Morgan fingerprint density at radius 3 is 2.90 bits per heavy atom. The molecule has 1 aliphatic heterocycles. The molecule has 1 aromatic heterocycles. The average Bonchev–Trinajstić information content (AvgIpc) is 2.91. The highest BCUT2D eigenvalue weighted by atomic mass is 35.5. The zero-order valence-corrected chi connectivity index (χ0v) is 12.7. The van der Waals surface area contributed by atoms with Gasteiger partial charge in [0.1, 0.15) is 5.15 Å². The number of nitrogens with one attached hydrogen (secondary N) is 1. The largest absolute Gasteiger partial charge is 0.352 e. The number of benzene rings is 1. The van der Waals surface area contributed by atoms with Crippen molar-refractivity contribution in [2.45, 2.75) is 6.42 Å². The van der Waals surface area contributed by atoms with Gasteiger partial charge < -0.3 is 10.2 Å². The molecule has 1 amide bonds. The van der Waals surface area contributed by atoms with Crippen LogP contribution in [0.3, 0.4) is 0 Å². The maximum absolute atomic E-state index is 12.4. The van der Waals surface area contributed by atoms with E-state index in [1.165, 1.54) is 0 Å². The number of carbonyl (C=O) groups is 1. The Morgan fingerprint density at radius 2 is 2.19 bits per heavy atom. The van der Waals surface area contributed by atoms with Crippen molar-refractivity contribution in [1.82, 2.24) is 15.2 Å². The van der Waals surface area contributed by atoms with Gasteiger partial charge in [0.15, 0.2) is 0 Å². The smallest absolute Gasteiger partial charge is 0.253 e. The summed E-state index contributed by atoms with van der Waals surface area (Å²) in [5.74, 6) is 0.454. The minimum absolute atomic E-state index is 0.0788. The number of amides is 1. The van der Waals surface area contributed by atoms with Crippen molar-refractivity contribution >= 4 is 28.3 Å². The number of fused-ring (bicyclic) bond motifs is 1. The zero-order valence-electron chi connectivity index (χ0n) is 12.0. The second-order valence-electron chi connectivity index (χ2n) is 5.64. The Bertz CT molecular complexity index is 674. The van der Waals surface area contributed by atoms with E-state index in [9.17, 15) is 4.79 Å². The average molecular weight is 304 g/mol. The second kappa shape index (κ2) is 6.00. The molecule has 110 valence electrons. The highest BCUT2D eigenvalue weighted by molar-refractivity contribution is 6.34. The van der Waals surface area contributed by atoms with Crippen LogP contribution in [0.25, 0.3) is 10.8 Å². The number of rotatable bonds is 3. The van der Waals surface area contributed by atoms with Crippen molar-refractivity contribution in [3.8, 4) is 0 Å². The van der Waals surface area contributed by atoms with E-state index in [4.69, 9.17) is 11.6 Å². The lowest BCUT2D eigenvalue weighted by Gasteiger charge is -2.12. The summed E-state index contributed by atoms with van der Waals surface area (Å²) in [6, 6.07) is 7.59. The summed E-state index contributed by atoms with van der Waals surface area (Å²) in [5, 5.41) is 5.11. The monoisotopic (exact) mass is 303 g/mol. The van der Waals surface area contributed by atoms with Gasteiger partial charge in [-0.2, -0.15) is 0 Å². The first-order valence-electron chi connectivity index (χ1n) is 7.15. The summed E-state index contributed by atoms with van der Waals surface area (Å²) in [4.78, 5) is 18.8. The molecule has 1 atom stereocenters. The molecule has 1 saturated heterocycles. The maximum atomic E-state index is 12.4. The normalized spacial score (nSPS) is 19.0. The SMILES string of the molecule is CN1CCC(CNC(=O)c2cnc(Cl)c3ccccc23)C1. The molecule has 0 spiro atoms. The second-order valence-corrected chi connectivity index (χ2v) is 5.99. The highest BCUT2D eigenvalue weighted by Gasteiger charge is 2.20. The molecule has 2 heterocycles. The van der Waals surface area contributed by atoms with Crippen LogP contribution in [0, 0.1) is 5.92 Å². The summed E-state index contributed by atoms with van der Waals surface area (Å²) in [5.41, 5.74) is 0.585. The molecule has 21 heavy (non-hydrogen) atoms. The predicted octanol–water partition coefficient (Wildman–Crippen LogP) is 2.57. The highest BCUT2D eigenvalue weighted by Crippen LogP contribution is 2.24. The number of carbonyl (C=O) groups excluding carboxylic acids is 1. The summed E-state index contributed by atoms with van der Waals surface area (Å²) in [6.45, 7) is 2.85. The number of hydrogen-bond acceptors (Lipinski definition) is 3. The van der Waals surface area contributed by atoms with Crippen LogP contribution >= 0.6 is 11.6 Å². The zero-order chi connectivity index (χ0) is 14.8. The molecular formula is C16H18ClN3O. The van der Waals surface area contributed by atoms with E-state index in [1.807, 2.05) is 24.3 Å². The van der Waals surface area contributed by atoms with Gasteiger partial charge in [0.05, 0.1) is 5.56 Å². The van der Waals surface area contributed by atoms with Gasteiger partial charge in [-0.3, -0.25) is 4.79 Å². The van der Waals surface area contributed by atoms with Crippen molar-refractivity contribution in [3.05, 3.63) is 41.2 Å². The van der Waals surface area contributed by atoms with Gasteiger partial charge in [0, 0.05) is 24.7 Å². The number of pyridine rings is 1. The third kappa shape index (κ3) is 3.01. The molecule has 1 aliphatic rings. The van der Waals surface area contributed by atoms with E-state index in [-0.39, 0.29) is 5.91 Å². The van der Waals surface area contributed by atoms with Crippen molar-refractivity contribution < 1.29 is 4.79 Å². The molecule has 1 unspecified atom stereocenters. The molecule has 4 nitrogen and oxygen atoms in total. The fourth-order valence-electron chi connectivity index (χ4n) is 2.86. The number of hydrogen-bond donors (Lipinski definition) is 1. The van der Waals surface area contributed by atoms with Gasteiger partial charge in [0.25, 0.3) is 5.91 Å². The van der Waals surface area contributed by atoms with Crippen molar-refractivity contribution in [3.63, 3.8) is 0 Å².